The molecule has 0 saturated heterocycles. The predicted molar refractivity (Wildman–Crippen MR) is 74.8 cm³/mol. The van der Waals surface area contributed by atoms with Gasteiger partial charge in [-0.05, 0) is 40.9 Å². The number of benzene rings is 1. The molecule has 0 radical (unpaired) electrons. The second kappa shape index (κ2) is 5.65. The highest BCUT2D eigenvalue weighted by Gasteiger charge is 2.21. The normalized spacial score (nSPS) is 10.7. The summed E-state index contributed by atoms with van der Waals surface area (Å²) in [6.45, 7) is 4.27. The summed E-state index contributed by atoms with van der Waals surface area (Å²) in [7, 11) is 0. The van der Waals surface area contributed by atoms with E-state index in [4.69, 9.17) is 0 Å². The molecule has 2 aromatic rings. The first-order valence-corrected chi connectivity index (χ1v) is 6.86. The summed E-state index contributed by atoms with van der Waals surface area (Å²) in [6.07, 6.45) is 2.42. The summed E-state index contributed by atoms with van der Waals surface area (Å²) in [6, 6.07) is 4.82. The fourth-order valence-electron chi connectivity index (χ4n) is 1.92. The molecule has 0 aliphatic carbocycles. The Bertz CT molecular complexity index is 622. The van der Waals surface area contributed by atoms with Crippen LogP contribution in [0, 0.1) is 12.7 Å². The van der Waals surface area contributed by atoms with Crippen LogP contribution in [0.1, 0.15) is 35.0 Å². The van der Waals surface area contributed by atoms with E-state index < -0.39 is 5.82 Å². The van der Waals surface area contributed by atoms with E-state index in [1.54, 1.807) is 29.9 Å². The van der Waals surface area contributed by atoms with Gasteiger partial charge in [-0.3, -0.25) is 9.48 Å². The Morgan fingerprint density at radius 2 is 2.21 bits per heavy atom. The molecule has 0 saturated carbocycles. The fraction of sp³-hybridized carbons (Fsp3) is 0.286. The molecule has 0 bridgehead atoms. The zero-order valence-corrected chi connectivity index (χ0v) is 12.4. The van der Waals surface area contributed by atoms with Crippen LogP contribution in [0.15, 0.2) is 28.9 Å². The maximum atomic E-state index is 14.0. The van der Waals surface area contributed by atoms with Gasteiger partial charge >= 0.3 is 0 Å². The van der Waals surface area contributed by atoms with Gasteiger partial charge in [0, 0.05) is 6.54 Å². The van der Waals surface area contributed by atoms with Gasteiger partial charge in [0.2, 0.25) is 5.78 Å². The molecule has 0 atom stereocenters. The summed E-state index contributed by atoms with van der Waals surface area (Å²) in [5, 5.41) is 4.13. The molecule has 0 aliphatic rings. The van der Waals surface area contributed by atoms with Gasteiger partial charge in [-0.25, -0.2) is 4.39 Å². The average Bonchev–Trinajstić information content (AvgIpc) is 2.74. The Labute approximate surface area is 119 Å². The molecule has 0 N–H and O–H groups in total. The summed E-state index contributed by atoms with van der Waals surface area (Å²) in [5.74, 6) is -0.817. The predicted octanol–water partition coefficient (Wildman–Crippen LogP) is 3.73. The van der Waals surface area contributed by atoms with Crippen molar-refractivity contribution in [1.82, 2.24) is 9.78 Å². The molecule has 0 amide bonds. The fourth-order valence-corrected chi connectivity index (χ4v) is 2.40. The van der Waals surface area contributed by atoms with Gasteiger partial charge in [-0.15, -0.1) is 0 Å². The number of carbonyl (C=O) groups excluding carboxylic acids is 1. The molecule has 3 nitrogen and oxygen atoms in total. The number of rotatable bonds is 4. The molecule has 0 fully saturated rings. The molecule has 5 heteroatoms. The number of carbonyl (C=O) groups is 1. The van der Waals surface area contributed by atoms with Crippen molar-refractivity contribution in [2.24, 2.45) is 0 Å². The lowest BCUT2D eigenvalue weighted by molar-refractivity contribution is 0.102. The van der Waals surface area contributed by atoms with E-state index in [-0.39, 0.29) is 11.3 Å². The van der Waals surface area contributed by atoms with Gasteiger partial charge in [0.25, 0.3) is 0 Å². The van der Waals surface area contributed by atoms with E-state index in [0.29, 0.717) is 22.3 Å². The van der Waals surface area contributed by atoms with Gasteiger partial charge in [-0.1, -0.05) is 19.1 Å². The van der Waals surface area contributed by atoms with Crippen LogP contribution in [-0.4, -0.2) is 15.6 Å². The number of aryl methyl sites for hydroxylation is 2. The van der Waals surface area contributed by atoms with E-state index in [2.05, 4.69) is 21.0 Å². The topological polar surface area (TPSA) is 34.9 Å². The maximum Gasteiger partial charge on any atom is 0.215 e. The number of halogens is 2. The SMILES string of the molecule is CCCn1ncc(Br)c1C(=O)c1cccc(C)c1F. The van der Waals surface area contributed by atoms with Crippen LogP contribution in [0.25, 0.3) is 0 Å². The Balaban J connectivity index is 2.50. The molecule has 1 aromatic carbocycles. The van der Waals surface area contributed by atoms with Crippen LogP contribution in [0.2, 0.25) is 0 Å². The lowest BCUT2D eigenvalue weighted by atomic mass is 10.0. The molecular formula is C14H14BrFN2O. The zero-order valence-electron chi connectivity index (χ0n) is 10.8. The van der Waals surface area contributed by atoms with Gasteiger partial charge in [0.1, 0.15) is 11.5 Å². The summed E-state index contributed by atoms with van der Waals surface area (Å²) in [4.78, 5) is 12.5. The third-order valence-corrected chi connectivity index (χ3v) is 3.46. The Kier molecular flexibility index (Phi) is 4.14. The molecule has 0 spiro atoms. The van der Waals surface area contributed by atoms with Gasteiger partial charge in [-0.2, -0.15) is 5.10 Å². The van der Waals surface area contributed by atoms with Gasteiger partial charge in [0.15, 0.2) is 0 Å². The van der Waals surface area contributed by atoms with E-state index in [1.807, 2.05) is 6.92 Å². The van der Waals surface area contributed by atoms with Crippen LogP contribution in [0.4, 0.5) is 4.39 Å². The molecule has 1 aromatic heterocycles. The highest BCUT2D eigenvalue weighted by molar-refractivity contribution is 9.10. The average molecular weight is 325 g/mol. The molecule has 0 unspecified atom stereocenters. The van der Waals surface area contributed by atoms with E-state index in [9.17, 15) is 9.18 Å². The van der Waals surface area contributed by atoms with Crippen LogP contribution >= 0.6 is 15.9 Å². The minimum Gasteiger partial charge on any atom is -0.287 e. The summed E-state index contributed by atoms with van der Waals surface area (Å²) < 4.78 is 16.2. The third-order valence-electron chi connectivity index (χ3n) is 2.88. The van der Waals surface area contributed by atoms with Crippen LogP contribution in [0.5, 0.6) is 0 Å². The van der Waals surface area contributed by atoms with Crippen molar-refractivity contribution in [1.29, 1.82) is 0 Å². The molecule has 2 rings (SSSR count). The van der Waals surface area contributed by atoms with Crippen molar-refractivity contribution in [2.75, 3.05) is 0 Å². The van der Waals surface area contributed by atoms with Crippen molar-refractivity contribution in [3.8, 4) is 0 Å². The van der Waals surface area contributed by atoms with Crippen LogP contribution in [0.3, 0.4) is 0 Å². The first-order valence-electron chi connectivity index (χ1n) is 6.07. The van der Waals surface area contributed by atoms with Crippen LogP contribution < -0.4 is 0 Å². The smallest absolute Gasteiger partial charge is 0.215 e. The minimum atomic E-state index is -0.469. The summed E-state index contributed by atoms with van der Waals surface area (Å²) in [5.41, 5.74) is 0.938. The maximum absolute atomic E-state index is 14.0. The van der Waals surface area contributed by atoms with Crippen LogP contribution in [-0.2, 0) is 6.54 Å². The lowest BCUT2D eigenvalue weighted by Gasteiger charge is -2.08. The van der Waals surface area contributed by atoms with E-state index >= 15 is 0 Å². The highest BCUT2D eigenvalue weighted by atomic mass is 79.9. The Morgan fingerprint density at radius 3 is 2.89 bits per heavy atom. The molecule has 100 valence electrons. The first-order chi connectivity index (χ1) is 9.06. The second-order valence-electron chi connectivity index (χ2n) is 4.33. The van der Waals surface area contributed by atoms with Crippen molar-refractivity contribution in [3.63, 3.8) is 0 Å². The third kappa shape index (κ3) is 2.61. The second-order valence-corrected chi connectivity index (χ2v) is 5.18. The summed E-state index contributed by atoms with van der Waals surface area (Å²) >= 11 is 3.30. The number of hydrogen-bond donors (Lipinski definition) is 0. The molecule has 0 aliphatic heterocycles. The number of ketones is 1. The molecule has 19 heavy (non-hydrogen) atoms. The lowest BCUT2D eigenvalue weighted by Crippen LogP contribution is -2.13. The van der Waals surface area contributed by atoms with Gasteiger partial charge in [0.05, 0.1) is 16.2 Å². The quantitative estimate of drug-likeness (QED) is 0.803. The zero-order chi connectivity index (χ0) is 14.0. The minimum absolute atomic E-state index is 0.0820. The monoisotopic (exact) mass is 324 g/mol. The molecular weight excluding hydrogens is 311 g/mol. The van der Waals surface area contributed by atoms with E-state index in [0.717, 1.165) is 6.42 Å². The Morgan fingerprint density at radius 1 is 1.47 bits per heavy atom. The number of hydrogen-bond acceptors (Lipinski definition) is 2. The Hall–Kier alpha value is -1.49. The standard InChI is InChI=1S/C14H14BrFN2O/c1-3-7-18-13(11(15)8-17-18)14(19)10-6-4-5-9(2)12(10)16/h4-6,8H,3,7H2,1-2H3. The first kappa shape index (κ1) is 13.9. The highest BCUT2D eigenvalue weighted by Crippen LogP contribution is 2.22. The van der Waals surface area contributed by atoms with Crippen molar-refractivity contribution >= 4 is 21.7 Å². The molecule has 1 heterocycles. The van der Waals surface area contributed by atoms with E-state index in [1.165, 1.54) is 6.07 Å². The largest absolute Gasteiger partial charge is 0.287 e. The number of aromatic nitrogens is 2. The number of nitrogens with zero attached hydrogens (tertiary/aromatic N) is 2. The van der Waals surface area contributed by atoms with Crippen molar-refractivity contribution < 1.29 is 9.18 Å². The van der Waals surface area contributed by atoms with Crippen molar-refractivity contribution in [3.05, 3.63) is 51.5 Å². The van der Waals surface area contributed by atoms with Gasteiger partial charge < -0.3 is 0 Å². The van der Waals surface area contributed by atoms with Crippen molar-refractivity contribution in [2.45, 2.75) is 26.8 Å².